The summed E-state index contributed by atoms with van der Waals surface area (Å²) in [5, 5.41) is 10.5. The Labute approximate surface area is 119 Å². The van der Waals surface area contributed by atoms with Gasteiger partial charge >= 0.3 is 0 Å². The Bertz CT molecular complexity index is 602. The van der Waals surface area contributed by atoms with Gasteiger partial charge in [-0.2, -0.15) is 0 Å². The lowest BCUT2D eigenvalue weighted by molar-refractivity contribution is 0.178. The highest BCUT2D eigenvalue weighted by atomic mass is 35.5. The SMILES string of the molecule is OC(Cc1ccccc1Cl)c1cc(F)c(F)cc1Cl. The van der Waals surface area contributed by atoms with Gasteiger partial charge in [-0.05, 0) is 23.8 Å². The Kier molecular flexibility index (Phi) is 4.40. The average molecular weight is 303 g/mol. The predicted octanol–water partition coefficient (Wildman–Crippen LogP) is 4.55. The van der Waals surface area contributed by atoms with E-state index in [4.69, 9.17) is 23.2 Å². The fourth-order valence-electron chi connectivity index (χ4n) is 1.78. The number of hydrogen-bond acceptors (Lipinski definition) is 1. The van der Waals surface area contributed by atoms with Crippen molar-refractivity contribution in [1.29, 1.82) is 0 Å². The van der Waals surface area contributed by atoms with Crippen LogP contribution in [0, 0.1) is 11.6 Å². The molecular weight excluding hydrogens is 293 g/mol. The molecule has 19 heavy (non-hydrogen) atoms. The fourth-order valence-corrected chi connectivity index (χ4v) is 2.26. The minimum atomic E-state index is -1.05. The normalized spacial score (nSPS) is 12.5. The fraction of sp³-hybridized carbons (Fsp3) is 0.143. The number of aliphatic hydroxyl groups is 1. The summed E-state index contributed by atoms with van der Waals surface area (Å²) < 4.78 is 26.1. The minimum Gasteiger partial charge on any atom is -0.388 e. The third-order valence-corrected chi connectivity index (χ3v) is 3.47. The highest BCUT2D eigenvalue weighted by Crippen LogP contribution is 2.29. The zero-order valence-electron chi connectivity index (χ0n) is 9.71. The molecule has 1 atom stereocenters. The summed E-state index contributed by atoms with van der Waals surface area (Å²) >= 11 is 11.8. The van der Waals surface area contributed by atoms with Crippen LogP contribution in [0.1, 0.15) is 17.2 Å². The Morgan fingerprint density at radius 1 is 1.00 bits per heavy atom. The molecule has 0 spiro atoms. The molecule has 1 unspecified atom stereocenters. The van der Waals surface area contributed by atoms with Gasteiger partial charge in [-0.3, -0.25) is 0 Å². The molecule has 0 radical (unpaired) electrons. The van der Waals surface area contributed by atoms with Gasteiger partial charge in [0.15, 0.2) is 11.6 Å². The van der Waals surface area contributed by atoms with Crippen LogP contribution >= 0.6 is 23.2 Å². The van der Waals surface area contributed by atoms with Crippen molar-refractivity contribution in [3.63, 3.8) is 0 Å². The maximum Gasteiger partial charge on any atom is 0.160 e. The quantitative estimate of drug-likeness (QED) is 0.825. The van der Waals surface area contributed by atoms with Gasteiger partial charge in [-0.1, -0.05) is 41.4 Å². The van der Waals surface area contributed by atoms with Crippen LogP contribution in [0.25, 0.3) is 0 Å². The molecule has 100 valence electrons. The molecule has 0 aromatic heterocycles. The zero-order chi connectivity index (χ0) is 14.0. The van der Waals surface area contributed by atoms with Gasteiger partial charge < -0.3 is 5.11 Å². The van der Waals surface area contributed by atoms with Crippen molar-refractivity contribution in [3.05, 3.63) is 69.2 Å². The van der Waals surface area contributed by atoms with Crippen molar-refractivity contribution < 1.29 is 13.9 Å². The summed E-state index contributed by atoms with van der Waals surface area (Å²) in [6.45, 7) is 0. The first-order valence-corrected chi connectivity index (χ1v) is 6.30. The first kappa shape index (κ1) is 14.3. The number of halogens is 4. The van der Waals surface area contributed by atoms with E-state index in [0.717, 1.165) is 12.1 Å². The van der Waals surface area contributed by atoms with E-state index in [1.165, 1.54) is 0 Å². The van der Waals surface area contributed by atoms with Gasteiger partial charge in [0, 0.05) is 22.0 Å². The van der Waals surface area contributed by atoms with Crippen LogP contribution in [0.5, 0.6) is 0 Å². The smallest absolute Gasteiger partial charge is 0.160 e. The summed E-state index contributed by atoms with van der Waals surface area (Å²) in [6.07, 6.45) is -0.882. The standard InChI is InChI=1S/C14H10Cl2F2O/c15-10-4-2-1-3-8(10)5-14(19)9-6-12(17)13(18)7-11(9)16/h1-4,6-7,14,19H,5H2. The van der Waals surface area contributed by atoms with E-state index in [0.29, 0.717) is 10.6 Å². The number of benzene rings is 2. The predicted molar refractivity (Wildman–Crippen MR) is 71.5 cm³/mol. The lowest BCUT2D eigenvalue weighted by atomic mass is 10.0. The van der Waals surface area contributed by atoms with Gasteiger partial charge in [0.1, 0.15) is 0 Å². The lowest BCUT2D eigenvalue weighted by Gasteiger charge is -2.14. The molecule has 1 nitrogen and oxygen atoms in total. The third-order valence-electron chi connectivity index (χ3n) is 2.77. The molecule has 0 saturated carbocycles. The van der Waals surface area contributed by atoms with E-state index < -0.39 is 17.7 Å². The summed E-state index contributed by atoms with van der Waals surface area (Å²) in [5.74, 6) is -2.09. The summed E-state index contributed by atoms with van der Waals surface area (Å²) in [6, 6.07) is 8.74. The van der Waals surface area contributed by atoms with Crippen molar-refractivity contribution in [3.8, 4) is 0 Å². The van der Waals surface area contributed by atoms with Crippen LogP contribution in [-0.2, 0) is 6.42 Å². The topological polar surface area (TPSA) is 20.2 Å². The maximum absolute atomic E-state index is 13.2. The molecule has 5 heteroatoms. The molecule has 2 aromatic rings. The van der Waals surface area contributed by atoms with Crippen LogP contribution in [0.4, 0.5) is 8.78 Å². The second-order valence-electron chi connectivity index (χ2n) is 4.10. The Balaban J connectivity index is 2.28. The number of rotatable bonds is 3. The molecule has 0 aliphatic carbocycles. The first-order valence-electron chi connectivity index (χ1n) is 5.55. The Hall–Kier alpha value is -1.16. The van der Waals surface area contributed by atoms with E-state index in [-0.39, 0.29) is 17.0 Å². The van der Waals surface area contributed by atoms with E-state index in [9.17, 15) is 13.9 Å². The van der Waals surface area contributed by atoms with Crippen molar-refractivity contribution in [2.75, 3.05) is 0 Å². The highest BCUT2D eigenvalue weighted by molar-refractivity contribution is 6.31. The van der Waals surface area contributed by atoms with Crippen LogP contribution in [0.15, 0.2) is 36.4 Å². The molecule has 0 aliphatic rings. The Morgan fingerprint density at radius 2 is 1.63 bits per heavy atom. The van der Waals surface area contributed by atoms with Gasteiger partial charge in [-0.15, -0.1) is 0 Å². The van der Waals surface area contributed by atoms with Gasteiger partial charge in [-0.25, -0.2) is 8.78 Å². The molecule has 0 saturated heterocycles. The van der Waals surface area contributed by atoms with Crippen LogP contribution < -0.4 is 0 Å². The van der Waals surface area contributed by atoms with E-state index >= 15 is 0 Å². The molecule has 0 heterocycles. The molecule has 2 rings (SSSR count). The van der Waals surface area contributed by atoms with Crippen LogP contribution in [-0.4, -0.2) is 5.11 Å². The molecule has 0 amide bonds. The monoisotopic (exact) mass is 302 g/mol. The van der Waals surface area contributed by atoms with E-state index in [2.05, 4.69) is 0 Å². The number of hydrogen-bond donors (Lipinski definition) is 1. The second kappa shape index (κ2) is 5.87. The molecule has 0 bridgehead atoms. The molecule has 2 aromatic carbocycles. The van der Waals surface area contributed by atoms with Crippen molar-refractivity contribution in [1.82, 2.24) is 0 Å². The largest absolute Gasteiger partial charge is 0.388 e. The van der Waals surface area contributed by atoms with Gasteiger partial charge in [0.05, 0.1) is 6.10 Å². The van der Waals surface area contributed by atoms with Crippen molar-refractivity contribution in [2.45, 2.75) is 12.5 Å². The zero-order valence-corrected chi connectivity index (χ0v) is 11.2. The average Bonchev–Trinajstić information content (AvgIpc) is 2.36. The number of aliphatic hydroxyl groups excluding tert-OH is 1. The third kappa shape index (κ3) is 3.24. The molecule has 1 N–H and O–H groups in total. The van der Waals surface area contributed by atoms with Crippen molar-refractivity contribution in [2.24, 2.45) is 0 Å². The minimum absolute atomic E-state index is 0.0153. The van der Waals surface area contributed by atoms with E-state index in [1.54, 1.807) is 24.3 Å². The summed E-state index contributed by atoms with van der Waals surface area (Å²) in [5.41, 5.74) is 0.845. The molecule has 0 fully saturated rings. The molecule has 0 aliphatic heterocycles. The Morgan fingerprint density at radius 3 is 2.32 bits per heavy atom. The summed E-state index contributed by atoms with van der Waals surface area (Å²) in [7, 11) is 0. The lowest BCUT2D eigenvalue weighted by Crippen LogP contribution is -2.04. The first-order chi connectivity index (χ1) is 8.99. The highest BCUT2D eigenvalue weighted by Gasteiger charge is 2.17. The van der Waals surface area contributed by atoms with Crippen LogP contribution in [0.3, 0.4) is 0 Å². The van der Waals surface area contributed by atoms with Crippen molar-refractivity contribution >= 4 is 23.2 Å². The maximum atomic E-state index is 13.2. The second-order valence-corrected chi connectivity index (χ2v) is 4.91. The van der Waals surface area contributed by atoms with Gasteiger partial charge in [0.2, 0.25) is 0 Å². The van der Waals surface area contributed by atoms with Crippen LogP contribution in [0.2, 0.25) is 10.0 Å². The summed E-state index contributed by atoms with van der Waals surface area (Å²) in [4.78, 5) is 0. The van der Waals surface area contributed by atoms with Gasteiger partial charge in [0.25, 0.3) is 0 Å². The molecular formula is C14H10Cl2F2O. The van der Waals surface area contributed by atoms with E-state index in [1.807, 2.05) is 0 Å².